The van der Waals surface area contributed by atoms with Crippen LogP contribution in [0.4, 0.5) is 26.3 Å². The number of likely N-dealkylation sites (tertiary alicyclic amines) is 1. The summed E-state index contributed by atoms with van der Waals surface area (Å²) in [6.07, 6.45) is -4.39. The summed E-state index contributed by atoms with van der Waals surface area (Å²) in [6, 6.07) is 7.99. The van der Waals surface area contributed by atoms with Crippen LogP contribution in [0.15, 0.2) is 42.0 Å². The van der Waals surface area contributed by atoms with E-state index in [1.807, 2.05) is 40.9 Å². The third-order valence-electron chi connectivity index (χ3n) is 5.98. The minimum Gasteiger partial charge on any atom is -0.475 e. The Morgan fingerprint density at radius 3 is 2.05 bits per heavy atom. The van der Waals surface area contributed by atoms with Crippen molar-refractivity contribution in [1.29, 1.82) is 0 Å². The van der Waals surface area contributed by atoms with Gasteiger partial charge in [0.25, 0.3) is 5.91 Å². The lowest BCUT2D eigenvalue weighted by atomic mass is 9.78. The number of halogens is 6. The molecule has 1 amide bonds. The summed E-state index contributed by atoms with van der Waals surface area (Å²) in [7, 11) is 0. The van der Waals surface area contributed by atoms with Gasteiger partial charge in [0.15, 0.2) is 0 Å². The van der Waals surface area contributed by atoms with Crippen molar-refractivity contribution in [3.63, 3.8) is 0 Å². The van der Waals surface area contributed by atoms with Crippen molar-refractivity contribution in [2.75, 3.05) is 39.4 Å². The van der Waals surface area contributed by atoms with Crippen LogP contribution in [0, 0.1) is 5.41 Å². The zero-order valence-corrected chi connectivity index (χ0v) is 21.8. The average molecular weight is 600 g/mol. The molecule has 0 aliphatic carbocycles. The number of piperidine rings is 1. The molecule has 9 nitrogen and oxygen atoms in total. The number of carbonyl (C=O) groups excluding carboxylic acids is 1. The van der Waals surface area contributed by atoms with Crippen molar-refractivity contribution >= 4 is 29.2 Å². The fourth-order valence-corrected chi connectivity index (χ4v) is 4.70. The van der Waals surface area contributed by atoms with Gasteiger partial charge in [0.2, 0.25) is 0 Å². The van der Waals surface area contributed by atoms with Crippen LogP contribution in [0.3, 0.4) is 0 Å². The van der Waals surface area contributed by atoms with E-state index in [-0.39, 0.29) is 11.3 Å². The number of amides is 1. The lowest BCUT2D eigenvalue weighted by Gasteiger charge is -2.42. The van der Waals surface area contributed by atoms with Gasteiger partial charge in [-0.2, -0.15) is 26.3 Å². The minimum absolute atomic E-state index is 0.158. The Kier molecular flexibility index (Phi) is 11.9. The van der Waals surface area contributed by atoms with E-state index >= 15 is 0 Å². The summed E-state index contributed by atoms with van der Waals surface area (Å²) in [5, 5.41) is 16.2. The predicted molar refractivity (Wildman–Crippen MR) is 130 cm³/mol. The number of hydrogen-bond acceptors (Lipinski definition) is 7. The molecule has 2 saturated heterocycles. The van der Waals surface area contributed by atoms with Crippen molar-refractivity contribution in [2.24, 2.45) is 5.41 Å². The summed E-state index contributed by atoms with van der Waals surface area (Å²) in [6.45, 7) is 6.12. The number of thiophene rings is 1. The number of rotatable bonds is 3. The molecule has 0 radical (unpaired) electrons. The first kappa shape index (κ1) is 33.0. The van der Waals surface area contributed by atoms with Crippen molar-refractivity contribution in [2.45, 2.75) is 31.7 Å². The van der Waals surface area contributed by atoms with E-state index in [4.69, 9.17) is 24.5 Å². The molecule has 0 bridgehead atoms. The van der Waals surface area contributed by atoms with Crippen molar-refractivity contribution in [1.82, 2.24) is 14.8 Å². The molecule has 0 saturated carbocycles. The van der Waals surface area contributed by atoms with E-state index < -0.39 is 24.3 Å². The molecule has 4 heterocycles. The molecule has 1 spiro atoms. The second-order valence-corrected chi connectivity index (χ2v) is 9.95. The monoisotopic (exact) mass is 599 g/mol. The standard InChI is InChI=1S/C20H25N3O2S.2C2HF3O2/c24-19(18-4-2-12-26-18)23-8-5-20(6-9-23)15-22(10-11-25-16-20)14-17-3-1-7-21-13-17;2*3-2(4,5)1(6)7/h1-4,7,12-13H,5-6,8-11,14-16H2;2*(H,6,7). The van der Waals surface area contributed by atoms with Gasteiger partial charge in [-0.05, 0) is 35.9 Å². The van der Waals surface area contributed by atoms with Crippen LogP contribution in [-0.2, 0) is 20.9 Å². The molecule has 2 aromatic rings. The van der Waals surface area contributed by atoms with Crippen molar-refractivity contribution in [3.05, 3.63) is 52.5 Å². The Balaban J connectivity index is 0.000000333. The summed E-state index contributed by atoms with van der Waals surface area (Å²) in [4.78, 5) is 40.0. The number of nitrogens with zero attached hydrogens (tertiary/aromatic N) is 3. The SMILES string of the molecule is O=C(O)C(F)(F)F.O=C(O)C(F)(F)F.O=C(c1cccs1)N1CCC2(CC1)COCCN(Cc1cccnc1)C2. The van der Waals surface area contributed by atoms with Gasteiger partial charge in [-0.1, -0.05) is 12.1 Å². The number of carboxylic acids is 2. The molecular weight excluding hydrogens is 572 g/mol. The maximum absolute atomic E-state index is 12.6. The molecule has 40 heavy (non-hydrogen) atoms. The van der Waals surface area contributed by atoms with Gasteiger partial charge >= 0.3 is 24.3 Å². The zero-order valence-electron chi connectivity index (χ0n) is 21.0. The van der Waals surface area contributed by atoms with Gasteiger partial charge in [0.1, 0.15) is 0 Å². The number of carbonyl (C=O) groups is 3. The van der Waals surface area contributed by atoms with Crippen molar-refractivity contribution in [3.8, 4) is 0 Å². The maximum atomic E-state index is 12.6. The second kappa shape index (κ2) is 14.4. The second-order valence-electron chi connectivity index (χ2n) is 9.00. The maximum Gasteiger partial charge on any atom is 0.490 e. The number of alkyl halides is 6. The first-order valence-electron chi connectivity index (χ1n) is 11.7. The van der Waals surface area contributed by atoms with E-state index in [9.17, 15) is 31.1 Å². The Morgan fingerprint density at radius 2 is 1.57 bits per heavy atom. The minimum atomic E-state index is -5.08. The smallest absolute Gasteiger partial charge is 0.475 e. The van der Waals surface area contributed by atoms with Gasteiger partial charge in [0.05, 0.1) is 18.1 Å². The molecule has 2 aliphatic rings. The summed E-state index contributed by atoms with van der Waals surface area (Å²) in [5.74, 6) is -5.34. The summed E-state index contributed by atoms with van der Waals surface area (Å²) >= 11 is 1.53. The van der Waals surface area contributed by atoms with Gasteiger partial charge in [-0.15, -0.1) is 11.3 Å². The van der Waals surface area contributed by atoms with Crippen LogP contribution >= 0.6 is 11.3 Å². The Hall–Kier alpha value is -3.24. The van der Waals surface area contributed by atoms with E-state index in [1.54, 1.807) is 0 Å². The molecule has 2 fully saturated rings. The summed E-state index contributed by atoms with van der Waals surface area (Å²) < 4.78 is 69.4. The quantitative estimate of drug-likeness (QED) is 0.505. The molecule has 2 aliphatic heterocycles. The Morgan fingerprint density at radius 1 is 0.975 bits per heavy atom. The fourth-order valence-electron chi connectivity index (χ4n) is 4.01. The number of carboxylic acid groups (broad SMARTS) is 2. The first-order valence-corrected chi connectivity index (χ1v) is 12.6. The number of aliphatic carboxylic acids is 2. The van der Waals surface area contributed by atoms with Crippen LogP contribution in [0.5, 0.6) is 0 Å². The molecule has 0 atom stereocenters. The van der Waals surface area contributed by atoms with Crippen LogP contribution in [0.25, 0.3) is 0 Å². The molecule has 4 rings (SSSR count). The highest BCUT2D eigenvalue weighted by Gasteiger charge is 2.40. The Labute approximate surface area is 229 Å². The predicted octanol–water partition coefficient (Wildman–Crippen LogP) is 4.16. The Bertz CT molecular complexity index is 1070. The van der Waals surface area contributed by atoms with Gasteiger partial charge in [-0.3, -0.25) is 14.7 Å². The topological polar surface area (TPSA) is 120 Å². The largest absolute Gasteiger partial charge is 0.490 e. The first-order chi connectivity index (χ1) is 18.6. The normalized spacial score (nSPS) is 17.5. The summed E-state index contributed by atoms with van der Waals surface area (Å²) in [5.41, 5.74) is 1.40. The average Bonchev–Trinajstić information content (AvgIpc) is 3.35. The van der Waals surface area contributed by atoms with Crippen LogP contribution in [0.2, 0.25) is 0 Å². The van der Waals surface area contributed by atoms with E-state index in [0.29, 0.717) is 0 Å². The third-order valence-corrected chi connectivity index (χ3v) is 6.83. The lowest BCUT2D eigenvalue weighted by Crippen LogP contribution is -2.48. The molecular formula is C24H27F6N3O6S. The zero-order chi connectivity index (χ0) is 30.0. The van der Waals surface area contributed by atoms with Crippen molar-refractivity contribution < 1.29 is 55.7 Å². The lowest BCUT2D eigenvalue weighted by molar-refractivity contribution is -0.193. The van der Waals surface area contributed by atoms with E-state index in [1.165, 1.54) is 16.9 Å². The number of ether oxygens (including phenoxy) is 1. The highest BCUT2D eigenvalue weighted by molar-refractivity contribution is 7.12. The van der Waals surface area contributed by atoms with Crippen LogP contribution in [0.1, 0.15) is 28.1 Å². The molecule has 222 valence electrons. The number of hydrogen-bond donors (Lipinski definition) is 2. The van der Waals surface area contributed by atoms with Gasteiger partial charge in [0, 0.05) is 50.5 Å². The number of aromatic nitrogens is 1. The number of pyridine rings is 1. The van der Waals surface area contributed by atoms with Gasteiger partial charge < -0.3 is 19.8 Å². The van der Waals surface area contributed by atoms with Crippen LogP contribution < -0.4 is 0 Å². The molecule has 0 aromatic carbocycles. The molecule has 16 heteroatoms. The fraction of sp³-hybridized carbons (Fsp3) is 0.500. The van der Waals surface area contributed by atoms with E-state index in [0.717, 1.165) is 63.7 Å². The third kappa shape index (κ3) is 10.7. The molecule has 0 unspecified atom stereocenters. The highest BCUT2D eigenvalue weighted by Crippen LogP contribution is 2.35. The van der Waals surface area contributed by atoms with Gasteiger partial charge in [-0.25, -0.2) is 9.59 Å². The molecule has 2 aromatic heterocycles. The van der Waals surface area contributed by atoms with E-state index in [2.05, 4.69) is 16.0 Å². The molecule has 2 N–H and O–H groups in total. The highest BCUT2D eigenvalue weighted by atomic mass is 32.1. The van der Waals surface area contributed by atoms with Crippen LogP contribution in [-0.4, -0.2) is 94.6 Å².